The number of aryl methyl sites for hydroxylation is 1. The lowest BCUT2D eigenvalue weighted by atomic mass is 10.1. The number of nitrogens with zero attached hydrogens (tertiary/aromatic N) is 2. The van der Waals surface area contributed by atoms with Crippen LogP contribution in [0.3, 0.4) is 0 Å². The predicted octanol–water partition coefficient (Wildman–Crippen LogP) is 5.85. The normalized spacial score (nSPS) is 11.4. The van der Waals surface area contributed by atoms with Crippen LogP contribution in [0.25, 0.3) is 21.8 Å². The summed E-state index contributed by atoms with van der Waals surface area (Å²) in [5.41, 5.74) is 1.96. The second kappa shape index (κ2) is 8.63. The van der Waals surface area contributed by atoms with E-state index in [1.165, 1.54) is 0 Å². The molecule has 144 valence electrons. The van der Waals surface area contributed by atoms with E-state index in [-0.39, 0.29) is 0 Å². The van der Waals surface area contributed by atoms with Gasteiger partial charge in [0.2, 0.25) is 0 Å². The molecule has 0 aliphatic rings. The number of benzene rings is 3. The quantitative estimate of drug-likeness (QED) is 0.352. The molecule has 0 amide bonds. The molecule has 0 atom stereocenters. The van der Waals surface area contributed by atoms with E-state index in [4.69, 9.17) is 26.1 Å². The summed E-state index contributed by atoms with van der Waals surface area (Å²) in [4.78, 5) is 4.79. The first kappa shape index (κ1) is 18.8. The van der Waals surface area contributed by atoms with E-state index in [1.807, 2.05) is 49.4 Å². The van der Waals surface area contributed by atoms with Crippen molar-refractivity contribution in [2.45, 2.75) is 26.5 Å². The number of hydrogen-bond donors (Lipinski definition) is 0. The summed E-state index contributed by atoms with van der Waals surface area (Å²) in [6.45, 7) is 4.67. The Morgan fingerprint density at radius 3 is 2.79 bits per heavy atom. The van der Waals surface area contributed by atoms with E-state index in [0.717, 1.165) is 59.6 Å². The second-order valence-corrected chi connectivity index (χ2v) is 7.07. The van der Waals surface area contributed by atoms with Gasteiger partial charge in [-0.1, -0.05) is 48.0 Å². The van der Waals surface area contributed by atoms with Gasteiger partial charge in [-0.25, -0.2) is 4.98 Å². The van der Waals surface area contributed by atoms with Crippen molar-refractivity contribution in [3.8, 4) is 5.75 Å². The van der Waals surface area contributed by atoms with E-state index >= 15 is 0 Å². The maximum absolute atomic E-state index is 6.22. The van der Waals surface area contributed by atoms with Gasteiger partial charge < -0.3 is 14.0 Å². The minimum atomic E-state index is 0.398. The van der Waals surface area contributed by atoms with Crippen molar-refractivity contribution in [2.24, 2.45) is 0 Å². The summed E-state index contributed by atoms with van der Waals surface area (Å²) in [7, 11) is 0. The van der Waals surface area contributed by atoms with Gasteiger partial charge in [-0.2, -0.15) is 0 Å². The third kappa shape index (κ3) is 3.98. The molecule has 4 nitrogen and oxygen atoms in total. The van der Waals surface area contributed by atoms with Crippen LogP contribution in [0.1, 0.15) is 19.2 Å². The van der Waals surface area contributed by atoms with Crippen LogP contribution in [-0.2, 0) is 17.9 Å². The molecule has 4 rings (SSSR count). The Morgan fingerprint density at radius 2 is 1.89 bits per heavy atom. The lowest BCUT2D eigenvalue weighted by Crippen LogP contribution is -2.09. The maximum Gasteiger partial charge on any atom is 0.148 e. The van der Waals surface area contributed by atoms with E-state index in [1.54, 1.807) is 0 Å². The van der Waals surface area contributed by atoms with Gasteiger partial charge >= 0.3 is 0 Å². The monoisotopic (exact) mass is 394 g/mol. The highest BCUT2D eigenvalue weighted by Gasteiger charge is 2.12. The molecule has 0 fully saturated rings. The van der Waals surface area contributed by atoms with E-state index in [0.29, 0.717) is 11.6 Å². The number of aromatic nitrogens is 2. The molecule has 0 radical (unpaired) electrons. The fourth-order valence-corrected chi connectivity index (χ4v) is 3.60. The number of fused-ring (bicyclic) bond motifs is 2. The first-order valence-electron chi connectivity index (χ1n) is 9.59. The standard InChI is InChI=1S/C23H23ClN2O2/c1-2-27-14-6-13-26-21-15-18(24)11-12-20(21)25-23(26)16-28-22-10-5-8-17-7-3-4-9-19(17)22/h3-5,7-12,15H,2,6,13-14,16H2,1H3. The number of imidazole rings is 1. The van der Waals surface area contributed by atoms with Gasteiger partial charge in [-0.3, -0.25) is 0 Å². The zero-order valence-electron chi connectivity index (χ0n) is 15.9. The van der Waals surface area contributed by atoms with Crippen molar-refractivity contribution in [2.75, 3.05) is 13.2 Å². The number of halogens is 1. The number of rotatable bonds is 8. The largest absolute Gasteiger partial charge is 0.485 e. The van der Waals surface area contributed by atoms with Crippen LogP contribution in [-0.4, -0.2) is 22.8 Å². The van der Waals surface area contributed by atoms with E-state index in [2.05, 4.69) is 22.8 Å². The molecule has 0 saturated heterocycles. The smallest absolute Gasteiger partial charge is 0.148 e. The molecular formula is C23H23ClN2O2. The van der Waals surface area contributed by atoms with Crippen LogP contribution in [0.2, 0.25) is 5.02 Å². The summed E-state index contributed by atoms with van der Waals surface area (Å²) in [6.07, 6.45) is 0.910. The molecule has 4 aromatic rings. The molecule has 1 aromatic heterocycles. The third-order valence-corrected chi connectivity index (χ3v) is 5.01. The Kier molecular flexibility index (Phi) is 5.79. The van der Waals surface area contributed by atoms with E-state index in [9.17, 15) is 0 Å². The van der Waals surface area contributed by atoms with Gasteiger partial charge in [-0.15, -0.1) is 0 Å². The topological polar surface area (TPSA) is 36.3 Å². The highest BCUT2D eigenvalue weighted by atomic mass is 35.5. The Balaban J connectivity index is 1.61. The first-order chi connectivity index (χ1) is 13.8. The van der Waals surface area contributed by atoms with Gasteiger partial charge in [-0.05, 0) is 43.0 Å². The molecular weight excluding hydrogens is 372 g/mol. The summed E-state index contributed by atoms with van der Waals surface area (Å²) in [5, 5.41) is 2.98. The third-order valence-electron chi connectivity index (χ3n) is 4.77. The zero-order chi connectivity index (χ0) is 19.3. The summed E-state index contributed by atoms with van der Waals surface area (Å²) >= 11 is 6.22. The van der Waals surface area contributed by atoms with Gasteiger partial charge in [0.15, 0.2) is 0 Å². The van der Waals surface area contributed by atoms with Crippen molar-refractivity contribution in [3.05, 3.63) is 71.5 Å². The molecule has 0 N–H and O–H groups in total. The number of ether oxygens (including phenoxy) is 2. The van der Waals surface area contributed by atoms with Crippen molar-refractivity contribution in [3.63, 3.8) is 0 Å². The van der Waals surface area contributed by atoms with Crippen LogP contribution < -0.4 is 4.74 Å². The first-order valence-corrected chi connectivity index (χ1v) is 9.97. The fraction of sp³-hybridized carbons (Fsp3) is 0.261. The molecule has 3 aromatic carbocycles. The maximum atomic E-state index is 6.22. The molecule has 0 aliphatic heterocycles. The van der Waals surface area contributed by atoms with Crippen molar-refractivity contribution in [1.29, 1.82) is 0 Å². The number of hydrogen-bond acceptors (Lipinski definition) is 3. The Hall–Kier alpha value is -2.56. The molecule has 1 heterocycles. The van der Waals surface area contributed by atoms with E-state index < -0.39 is 0 Å². The van der Waals surface area contributed by atoms with Crippen LogP contribution in [0, 0.1) is 0 Å². The summed E-state index contributed by atoms with van der Waals surface area (Å²) in [5.74, 6) is 1.76. The Bertz CT molecular complexity index is 1090. The van der Waals surface area contributed by atoms with Gasteiger partial charge in [0.25, 0.3) is 0 Å². The van der Waals surface area contributed by atoms with Crippen LogP contribution in [0.5, 0.6) is 5.75 Å². The average molecular weight is 395 g/mol. The highest BCUT2D eigenvalue weighted by Crippen LogP contribution is 2.27. The van der Waals surface area contributed by atoms with Crippen LogP contribution >= 0.6 is 11.6 Å². The average Bonchev–Trinajstić information content (AvgIpc) is 3.06. The molecule has 28 heavy (non-hydrogen) atoms. The van der Waals surface area contributed by atoms with Gasteiger partial charge in [0, 0.05) is 30.2 Å². The van der Waals surface area contributed by atoms with Crippen LogP contribution in [0.15, 0.2) is 60.7 Å². The highest BCUT2D eigenvalue weighted by molar-refractivity contribution is 6.31. The summed E-state index contributed by atoms with van der Waals surface area (Å²) in [6, 6.07) is 20.1. The predicted molar refractivity (Wildman–Crippen MR) is 114 cm³/mol. The van der Waals surface area contributed by atoms with Crippen molar-refractivity contribution < 1.29 is 9.47 Å². The Labute approximate surface area is 169 Å². The lowest BCUT2D eigenvalue weighted by Gasteiger charge is -2.12. The van der Waals surface area contributed by atoms with Crippen molar-refractivity contribution >= 4 is 33.4 Å². The van der Waals surface area contributed by atoms with Crippen molar-refractivity contribution in [1.82, 2.24) is 9.55 Å². The van der Waals surface area contributed by atoms with Gasteiger partial charge in [0.1, 0.15) is 18.2 Å². The minimum absolute atomic E-state index is 0.398. The second-order valence-electron chi connectivity index (χ2n) is 6.63. The molecule has 5 heteroatoms. The SMILES string of the molecule is CCOCCCn1c(COc2cccc3ccccc23)nc2ccc(Cl)cc21. The van der Waals surface area contributed by atoms with Gasteiger partial charge in [0.05, 0.1) is 11.0 Å². The minimum Gasteiger partial charge on any atom is -0.485 e. The Morgan fingerprint density at radius 1 is 1.04 bits per heavy atom. The fourth-order valence-electron chi connectivity index (χ4n) is 3.44. The molecule has 0 bridgehead atoms. The van der Waals surface area contributed by atoms with Crippen LogP contribution in [0.4, 0.5) is 0 Å². The lowest BCUT2D eigenvalue weighted by molar-refractivity contribution is 0.141. The summed E-state index contributed by atoms with van der Waals surface area (Å²) < 4.78 is 13.9. The molecule has 0 spiro atoms. The zero-order valence-corrected chi connectivity index (χ0v) is 16.7. The molecule has 0 unspecified atom stereocenters. The molecule has 0 aliphatic carbocycles. The molecule has 0 saturated carbocycles.